The van der Waals surface area contributed by atoms with Crippen LogP contribution in [0.1, 0.15) is 50.2 Å². The summed E-state index contributed by atoms with van der Waals surface area (Å²) in [5.74, 6) is -0.0122. The van der Waals surface area contributed by atoms with E-state index in [1.54, 1.807) is 0 Å². The van der Waals surface area contributed by atoms with Crippen molar-refractivity contribution in [3.63, 3.8) is 0 Å². The summed E-state index contributed by atoms with van der Waals surface area (Å²) in [5.41, 5.74) is 1.09. The monoisotopic (exact) mass is 358 g/mol. The lowest BCUT2D eigenvalue weighted by molar-refractivity contribution is -0.221. The highest BCUT2D eigenvalue weighted by molar-refractivity contribution is 5.14. The Morgan fingerprint density at radius 1 is 1.19 bits per heavy atom. The van der Waals surface area contributed by atoms with Gasteiger partial charge in [0.05, 0.1) is 12.6 Å². The van der Waals surface area contributed by atoms with Crippen molar-refractivity contribution in [3.8, 4) is 0 Å². The van der Waals surface area contributed by atoms with Gasteiger partial charge in [-0.25, -0.2) is 4.68 Å². The van der Waals surface area contributed by atoms with Gasteiger partial charge in [0, 0.05) is 0 Å². The highest BCUT2D eigenvalue weighted by atomic mass is 16.8. The zero-order valence-corrected chi connectivity index (χ0v) is 14.8. The quantitative estimate of drug-likeness (QED) is 0.810. The zero-order chi connectivity index (χ0) is 17.7. The van der Waals surface area contributed by atoms with Crippen molar-refractivity contribution < 1.29 is 18.9 Å². The molecule has 0 spiro atoms. The van der Waals surface area contributed by atoms with Gasteiger partial charge in [-0.05, 0) is 42.7 Å². The molecule has 3 fully saturated rings. The summed E-state index contributed by atoms with van der Waals surface area (Å²) in [6, 6.07) is 10.4. The lowest BCUT2D eigenvalue weighted by Crippen LogP contribution is -2.34. The molecular weight excluding hydrogens is 336 g/mol. The predicted molar refractivity (Wildman–Crippen MR) is 88.8 cm³/mol. The molecule has 8 heteroatoms. The van der Waals surface area contributed by atoms with Crippen molar-refractivity contribution in [1.82, 2.24) is 20.2 Å². The fraction of sp³-hybridized carbons (Fsp3) is 0.611. The molecule has 5 rings (SSSR count). The number of aromatic nitrogens is 4. The Morgan fingerprint density at radius 2 is 2.00 bits per heavy atom. The number of fused-ring (bicyclic) bond motifs is 1. The zero-order valence-electron chi connectivity index (χ0n) is 14.8. The fourth-order valence-corrected chi connectivity index (χ4v) is 3.60. The summed E-state index contributed by atoms with van der Waals surface area (Å²) in [6.07, 6.45) is 0.620. The van der Waals surface area contributed by atoms with Gasteiger partial charge in [0.1, 0.15) is 12.2 Å². The normalized spacial score (nSPS) is 32.7. The van der Waals surface area contributed by atoms with Crippen LogP contribution >= 0.6 is 0 Å². The first-order chi connectivity index (χ1) is 12.6. The second-order valence-corrected chi connectivity index (χ2v) is 7.50. The summed E-state index contributed by atoms with van der Waals surface area (Å²) < 4.78 is 26.2. The predicted octanol–water partition coefficient (Wildman–Crippen LogP) is 2.14. The van der Waals surface area contributed by atoms with E-state index < -0.39 is 18.2 Å². The summed E-state index contributed by atoms with van der Waals surface area (Å²) in [5, 5.41) is 12.2. The first-order valence-electron chi connectivity index (χ1n) is 9.05. The van der Waals surface area contributed by atoms with E-state index in [0.717, 1.165) is 18.4 Å². The molecule has 1 aromatic heterocycles. The maximum atomic E-state index is 6.25. The number of ether oxygens (including phenoxy) is 4. The fourth-order valence-electron chi connectivity index (χ4n) is 3.60. The summed E-state index contributed by atoms with van der Waals surface area (Å²) >= 11 is 0. The highest BCUT2D eigenvalue weighted by Gasteiger charge is 2.57. The van der Waals surface area contributed by atoms with Crippen molar-refractivity contribution in [1.29, 1.82) is 0 Å². The summed E-state index contributed by atoms with van der Waals surface area (Å²) in [7, 11) is 0. The van der Waals surface area contributed by atoms with Gasteiger partial charge < -0.3 is 18.9 Å². The average Bonchev–Trinajstić information content (AvgIpc) is 3.15. The minimum atomic E-state index is -0.697. The highest BCUT2D eigenvalue weighted by Crippen LogP contribution is 2.46. The van der Waals surface area contributed by atoms with Gasteiger partial charge in [-0.2, -0.15) is 0 Å². The Kier molecular flexibility index (Phi) is 3.82. The van der Waals surface area contributed by atoms with Crippen molar-refractivity contribution in [3.05, 3.63) is 41.7 Å². The van der Waals surface area contributed by atoms with Gasteiger partial charge in [0.2, 0.25) is 0 Å². The molecule has 2 aromatic rings. The summed E-state index contributed by atoms with van der Waals surface area (Å²) in [4.78, 5) is 0. The van der Waals surface area contributed by atoms with E-state index >= 15 is 0 Å². The maximum Gasteiger partial charge on any atom is 0.190 e. The number of hydrogen-bond donors (Lipinski definition) is 0. The Morgan fingerprint density at radius 3 is 2.77 bits per heavy atom. The molecule has 3 aliphatic rings. The van der Waals surface area contributed by atoms with Gasteiger partial charge >= 0.3 is 0 Å². The molecule has 0 N–H and O–H groups in total. The first-order valence-corrected chi connectivity index (χ1v) is 9.05. The number of hydrogen-bond acceptors (Lipinski definition) is 7. The average molecular weight is 358 g/mol. The van der Waals surface area contributed by atoms with E-state index in [4.69, 9.17) is 18.9 Å². The number of tetrazole rings is 1. The van der Waals surface area contributed by atoms with Crippen LogP contribution in [0.3, 0.4) is 0 Å². The third-order valence-corrected chi connectivity index (χ3v) is 4.94. The van der Waals surface area contributed by atoms with Crippen LogP contribution in [0.2, 0.25) is 0 Å². The SMILES string of the molecule is CC1(C)O[C@H]2O[C@H](c3nnnn3C3CC3)[C@H](OCc3ccccc3)[C@H]2O1. The molecule has 2 aliphatic heterocycles. The molecule has 26 heavy (non-hydrogen) atoms. The van der Waals surface area contributed by atoms with Crippen molar-refractivity contribution >= 4 is 0 Å². The number of nitrogens with zero attached hydrogens (tertiary/aromatic N) is 4. The molecule has 8 nitrogen and oxygen atoms in total. The van der Waals surface area contributed by atoms with E-state index in [0.29, 0.717) is 18.5 Å². The molecule has 1 aliphatic carbocycles. The van der Waals surface area contributed by atoms with Crippen molar-refractivity contribution in [2.75, 3.05) is 0 Å². The molecule has 4 atom stereocenters. The topological polar surface area (TPSA) is 80.5 Å². The van der Waals surface area contributed by atoms with Gasteiger partial charge in [-0.3, -0.25) is 0 Å². The molecule has 3 heterocycles. The standard InChI is InChI=1S/C18H22N4O4/c1-18(2)25-15-13(23-10-11-6-4-3-5-7-11)14(24-17(15)26-18)16-19-20-21-22(16)12-8-9-12/h3-7,12-15,17H,8-10H2,1-2H3/t13-,14-,15+,17+/m0/s1. The first kappa shape index (κ1) is 16.3. The molecule has 0 amide bonds. The molecule has 2 saturated heterocycles. The van der Waals surface area contributed by atoms with Gasteiger partial charge in [-0.1, -0.05) is 30.3 Å². The molecule has 0 bridgehead atoms. The summed E-state index contributed by atoms with van der Waals surface area (Å²) in [6.45, 7) is 4.22. The van der Waals surface area contributed by atoms with Crippen LogP contribution in [-0.2, 0) is 25.6 Å². The van der Waals surface area contributed by atoms with E-state index in [2.05, 4.69) is 15.5 Å². The Balaban J connectivity index is 1.41. The van der Waals surface area contributed by atoms with Crippen LogP contribution in [-0.4, -0.2) is 44.5 Å². The molecule has 138 valence electrons. The Labute approximate surface area is 151 Å². The molecule has 0 radical (unpaired) electrons. The number of rotatable bonds is 5. The lowest BCUT2D eigenvalue weighted by Gasteiger charge is -2.25. The minimum Gasteiger partial charge on any atom is -0.367 e. The largest absolute Gasteiger partial charge is 0.367 e. The second-order valence-electron chi connectivity index (χ2n) is 7.50. The van der Waals surface area contributed by atoms with Crippen LogP contribution in [0.4, 0.5) is 0 Å². The van der Waals surface area contributed by atoms with Gasteiger partial charge in [0.15, 0.2) is 24.0 Å². The van der Waals surface area contributed by atoms with Crippen LogP contribution < -0.4 is 0 Å². The van der Waals surface area contributed by atoms with E-state index in [1.165, 1.54) is 0 Å². The van der Waals surface area contributed by atoms with Crippen molar-refractivity contribution in [2.24, 2.45) is 0 Å². The third-order valence-electron chi connectivity index (χ3n) is 4.94. The van der Waals surface area contributed by atoms with Crippen LogP contribution in [0.5, 0.6) is 0 Å². The van der Waals surface area contributed by atoms with Gasteiger partial charge in [0.25, 0.3) is 0 Å². The molecular formula is C18H22N4O4. The van der Waals surface area contributed by atoms with E-state index in [9.17, 15) is 0 Å². The van der Waals surface area contributed by atoms with Crippen LogP contribution in [0.25, 0.3) is 0 Å². The van der Waals surface area contributed by atoms with E-state index in [1.807, 2.05) is 48.9 Å². The minimum absolute atomic E-state index is 0.317. The molecule has 1 aromatic carbocycles. The molecule has 1 saturated carbocycles. The van der Waals surface area contributed by atoms with Crippen molar-refractivity contribution in [2.45, 2.75) is 69.7 Å². The lowest BCUT2D eigenvalue weighted by atomic mass is 10.1. The van der Waals surface area contributed by atoms with Gasteiger partial charge in [-0.15, -0.1) is 5.10 Å². The maximum absolute atomic E-state index is 6.25. The van der Waals surface area contributed by atoms with E-state index in [-0.39, 0.29) is 12.2 Å². The van der Waals surface area contributed by atoms with Crippen LogP contribution in [0, 0.1) is 0 Å². The Bertz CT molecular complexity index is 777. The van der Waals surface area contributed by atoms with Crippen LogP contribution in [0.15, 0.2) is 30.3 Å². The third kappa shape index (κ3) is 2.92. The Hall–Kier alpha value is -1.87. The number of benzene rings is 1. The second kappa shape index (κ2) is 6.09. The smallest absolute Gasteiger partial charge is 0.190 e. The molecule has 0 unspecified atom stereocenters.